The Morgan fingerprint density at radius 3 is 2.62 bits per heavy atom. The van der Waals surface area contributed by atoms with Gasteiger partial charge in [-0.1, -0.05) is 6.07 Å². The average Bonchev–Trinajstić information content (AvgIpc) is 3.26. The van der Waals surface area contributed by atoms with Gasteiger partial charge in [0.1, 0.15) is 5.82 Å². The number of nitrogens with zero attached hydrogens (tertiary/aromatic N) is 1. The number of hydrogen-bond acceptors (Lipinski definition) is 5. The van der Waals surface area contributed by atoms with Crippen molar-refractivity contribution in [3.05, 3.63) is 24.2 Å². The molecule has 0 bridgehead atoms. The van der Waals surface area contributed by atoms with E-state index in [-0.39, 0.29) is 18.3 Å². The highest BCUT2D eigenvalue weighted by Gasteiger charge is 2.52. The largest absolute Gasteiger partial charge is 0.505 e. The molecule has 0 saturated carbocycles. The first-order chi connectivity index (χ1) is 11.4. The van der Waals surface area contributed by atoms with Crippen molar-refractivity contribution in [3.63, 3.8) is 0 Å². The molecule has 2 aromatic heterocycles. The summed E-state index contributed by atoms with van der Waals surface area (Å²) in [5.74, 6) is 1.04. The van der Waals surface area contributed by atoms with Crippen LogP contribution in [0.3, 0.4) is 0 Å². The average molecular weight is 345 g/mol. The molecule has 0 spiro atoms. The van der Waals surface area contributed by atoms with Gasteiger partial charge in [-0.15, -0.1) is 11.3 Å². The van der Waals surface area contributed by atoms with Gasteiger partial charge in [0.2, 0.25) is 0 Å². The highest BCUT2D eigenvalue weighted by molar-refractivity contribution is 7.25. The maximum Gasteiger partial charge on any atom is 0.505 e. The molecule has 1 atom stereocenters. The highest BCUT2D eigenvalue weighted by atomic mass is 32.1. The van der Waals surface area contributed by atoms with Crippen LogP contribution in [0.4, 0.5) is 0 Å². The molecule has 0 aromatic carbocycles. The van der Waals surface area contributed by atoms with Crippen molar-refractivity contribution in [1.29, 1.82) is 0 Å². The Kier molecular flexibility index (Phi) is 3.87. The van der Waals surface area contributed by atoms with Gasteiger partial charge in [-0.3, -0.25) is 0 Å². The first kappa shape index (κ1) is 16.3. The molecule has 0 radical (unpaired) electrons. The van der Waals surface area contributed by atoms with Crippen LogP contribution in [-0.4, -0.2) is 34.8 Å². The lowest BCUT2D eigenvalue weighted by atomic mass is 9.88. The summed E-state index contributed by atoms with van der Waals surface area (Å²) < 4.78 is 13.4. The smallest absolute Gasteiger partial charge is 0.399 e. The number of thiophene rings is 1. The van der Waals surface area contributed by atoms with Crippen LogP contribution in [0.1, 0.15) is 52.4 Å². The molecule has 0 amide bonds. The van der Waals surface area contributed by atoms with Crippen molar-refractivity contribution in [2.45, 2.75) is 57.8 Å². The van der Waals surface area contributed by atoms with Crippen LogP contribution in [0.25, 0.3) is 10.6 Å². The predicted molar refractivity (Wildman–Crippen MR) is 97.6 cm³/mol. The second kappa shape index (κ2) is 5.69. The Hall–Kier alpha value is -1.15. The lowest BCUT2D eigenvalue weighted by molar-refractivity contribution is 0.00578. The number of nitrogens with one attached hydrogen (secondary N) is 2. The van der Waals surface area contributed by atoms with Crippen LogP contribution in [0, 0.1) is 0 Å². The molecular weight excluding hydrogens is 321 g/mol. The van der Waals surface area contributed by atoms with Gasteiger partial charge >= 0.3 is 7.12 Å². The van der Waals surface area contributed by atoms with Gasteiger partial charge < -0.3 is 19.6 Å². The van der Waals surface area contributed by atoms with Crippen LogP contribution in [0.5, 0.6) is 0 Å². The quantitative estimate of drug-likeness (QED) is 0.840. The zero-order chi connectivity index (χ0) is 16.9. The zero-order valence-corrected chi connectivity index (χ0v) is 15.5. The van der Waals surface area contributed by atoms with Gasteiger partial charge in [0.25, 0.3) is 0 Å². The number of hydrogen-bond donors (Lipinski definition) is 2. The van der Waals surface area contributed by atoms with Crippen molar-refractivity contribution in [2.75, 3.05) is 6.54 Å². The minimum atomic E-state index is -0.308. The van der Waals surface area contributed by atoms with Crippen LogP contribution in [-0.2, 0) is 9.31 Å². The maximum atomic E-state index is 6.14. The molecule has 2 fully saturated rings. The van der Waals surface area contributed by atoms with E-state index in [9.17, 15) is 0 Å². The molecule has 128 valence electrons. The summed E-state index contributed by atoms with van der Waals surface area (Å²) in [7, 11) is -0.298. The zero-order valence-electron chi connectivity index (χ0n) is 14.7. The molecule has 4 rings (SSSR count). The van der Waals surface area contributed by atoms with E-state index in [1.807, 2.05) is 6.20 Å². The van der Waals surface area contributed by atoms with Crippen molar-refractivity contribution >= 4 is 23.2 Å². The molecule has 2 N–H and O–H groups in total. The Labute approximate surface area is 147 Å². The van der Waals surface area contributed by atoms with Gasteiger partial charge in [-0.05, 0) is 53.1 Å². The van der Waals surface area contributed by atoms with Crippen molar-refractivity contribution in [2.24, 2.45) is 0 Å². The van der Waals surface area contributed by atoms with Gasteiger partial charge in [-0.25, -0.2) is 4.98 Å². The Morgan fingerprint density at radius 2 is 1.96 bits per heavy atom. The number of H-pyrrole nitrogens is 1. The topological polar surface area (TPSA) is 59.2 Å². The molecule has 0 unspecified atom stereocenters. The molecule has 2 aliphatic rings. The fraction of sp³-hybridized carbons (Fsp3) is 0.588. The van der Waals surface area contributed by atoms with Crippen molar-refractivity contribution < 1.29 is 9.31 Å². The van der Waals surface area contributed by atoms with E-state index in [1.165, 1.54) is 6.42 Å². The molecule has 24 heavy (non-hydrogen) atoms. The summed E-state index contributed by atoms with van der Waals surface area (Å²) in [6.07, 6.45) is 4.29. The van der Waals surface area contributed by atoms with Gasteiger partial charge in [0.05, 0.1) is 34.0 Å². The standard InChI is InChI=1S/C17H24BN3O2S/c1-16(2)17(3,4)23-18(22-16)14-8-7-13(24-14)12-10-20-15(21-12)11-6-5-9-19-11/h7-8,10-11,19H,5-6,9H2,1-4H3,(H,20,21)/t11-/m0/s1. The Balaban J connectivity index is 1.53. The molecule has 2 saturated heterocycles. The predicted octanol–water partition coefficient (Wildman–Crippen LogP) is 2.86. The molecule has 2 aliphatic heterocycles. The van der Waals surface area contributed by atoms with Crippen LogP contribution < -0.4 is 10.1 Å². The van der Waals surface area contributed by atoms with E-state index in [2.05, 4.69) is 55.1 Å². The second-order valence-corrected chi connectivity index (χ2v) is 8.74. The first-order valence-electron chi connectivity index (χ1n) is 8.60. The summed E-state index contributed by atoms with van der Waals surface area (Å²) in [5.41, 5.74) is 0.445. The van der Waals surface area contributed by atoms with Crippen molar-refractivity contribution in [1.82, 2.24) is 15.3 Å². The van der Waals surface area contributed by atoms with Crippen LogP contribution >= 0.6 is 11.3 Å². The van der Waals surface area contributed by atoms with E-state index in [1.54, 1.807) is 11.3 Å². The monoisotopic (exact) mass is 345 g/mol. The number of rotatable bonds is 3. The number of aromatic nitrogens is 2. The third-order valence-corrected chi connectivity index (χ3v) is 6.50. The normalized spacial score (nSPS) is 25.5. The fourth-order valence-electron chi connectivity index (χ4n) is 3.14. The van der Waals surface area contributed by atoms with E-state index in [0.29, 0.717) is 6.04 Å². The van der Waals surface area contributed by atoms with Crippen molar-refractivity contribution in [3.8, 4) is 10.6 Å². The summed E-state index contributed by atoms with van der Waals surface area (Å²) in [5, 5.41) is 3.48. The second-order valence-electron chi connectivity index (χ2n) is 7.62. The third-order valence-electron chi connectivity index (χ3n) is 5.36. The van der Waals surface area contributed by atoms with Gasteiger partial charge in [-0.2, -0.15) is 0 Å². The van der Waals surface area contributed by atoms with E-state index >= 15 is 0 Å². The van der Waals surface area contributed by atoms with Crippen LogP contribution in [0.2, 0.25) is 0 Å². The number of aromatic amines is 1. The van der Waals surface area contributed by atoms with Crippen LogP contribution in [0.15, 0.2) is 18.3 Å². The molecule has 2 aromatic rings. The number of imidazole rings is 1. The summed E-state index contributed by atoms with van der Waals surface area (Å²) in [6, 6.07) is 4.57. The fourth-order valence-corrected chi connectivity index (χ4v) is 4.07. The summed E-state index contributed by atoms with van der Waals surface area (Å²) in [6.45, 7) is 9.40. The SMILES string of the molecule is CC1(C)OB(c2ccc(-c3cnc([C@@H]4CCCN4)[nH]3)s2)OC1(C)C. The lowest BCUT2D eigenvalue weighted by Crippen LogP contribution is -2.41. The molecule has 4 heterocycles. The van der Waals surface area contributed by atoms with E-state index < -0.39 is 0 Å². The Morgan fingerprint density at radius 1 is 1.21 bits per heavy atom. The molecular formula is C17H24BN3O2S. The molecule has 0 aliphatic carbocycles. The first-order valence-corrected chi connectivity index (χ1v) is 9.41. The van der Waals surface area contributed by atoms with Gasteiger partial charge in [0, 0.05) is 4.78 Å². The summed E-state index contributed by atoms with van der Waals surface area (Å²) >= 11 is 1.70. The van der Waals surface area contributed by atoms with E-state index in [4.69, 9.17) is 9.31 Å². The molecule has 7 heteroatoms. The minimum Gasteiger partial charge on any atom is -0.399 e. The summed E-state index contributed by atoms with van der Waals surface area (Å²) in [4.78, 5) is 9.18. The Bertz CT molecular complexity index is 718. The third kappa shape index (κ3) is 2.73. The lowest BCUT2D eigenvalue weighted by Gasteiger charge is -2.32. The van der Waals surface area contributed by atoms with Gasteiger partial charge in [0.15, 0.2) is 0 Å². The maximum absolute atomic E-state index is 6.14. The molecule has 5 nitrogen and oxygen atoms in total. The highest BCUT2D eigenvalue weighted by Crippen LogP contribution is 2.37. The minimum absolute atomic E-state index is 0.298. The van der Waals surface area contributed by atoms with E-state index in [0.717, 1.165) is 34.1 Å².